The standard InChI is InChI=1S/C11H11N3O6S/c1-6-10(16)13-8(15)5-14(6)21(19,20)9-3-2-7(4-12-9)11(17)18/h2-4,6H,5H2,1H3,(H,17,18)(H,13,15,16). The molecule has 0 saturated carbocycles. The molecule has 0 bridgehead atoms. The summed E-state index contributed by atoms with van der Waals surface area (Å²) in [4.78, 5) is 37.1. The topological polar surface area (TPSA) is 134 Å². The molecule has 10 heteroatoms. The molecule has 1 fully saturated rings. The number of piperazine rings is 1. The van der Waals surface area contributed by atoms with Crippen LogP contribution in [0, 0.1) is 0 Å². The molecule has 2 rings (SSSR count). The van der Waals surface area contributed by atoms with Crippen LogP contribution in [0.4, 0.5) is 0 Å². The lowest BCUT2D eigenvalue weighted by Crippen LogP contribution is -2.58. The summed E-state index contributed by atoms with van der Waals surface area (Å²) in [5, 5.41) is 10.3. The second kappa shape index (κ2) is 5.22. The van der Waals surface area contributed by atoms with Gasteiger partial charge in [0.1, 0.15) is 6.04 Å². The molecule has 1 aliphatic heterocycles. The third-order valence-electron chi connectivity index (χ3n) is 2.93. The van der Waals surface area contributed by atoms with E-state index in [1.165, 1.54) is 6.92 Å². The van der Waals surface area contributed by atoms with Gasteiger partial charge in [-0.05, 0) is 19.1 Å². The average Bonchev–Trinajstić information content (AvgIpc) is 2.42. The van der Waals surface area contributed by atoms with E-state index in [9.17, 15) is 22.8 Å². The number of imide groups is 1. The molecule has 9 nitrogen and oxygen atoms in total. The third-order valence-corrected chi connectivity index (χ3v) is 4.76. The summed E-state index contributed by atoms with van der Waals surface area (Å²) in [5.41, 5.74) is -0.172. The van der Waals surface area contributed by atoms with Crippen molar-refractivity contribution in [2.75, 3.05) is 6.54 Å². The number of hydrogen-bond acceptors (Lipinski definition) is 6. The van der Waals surface area contributed by atoms with Crippen LogP contribution in [0.1, 0.15) is 17.3 Å². The molecule has 0 spiro atoms. The maximum Gasteiger partial charge on any atom is 0.337 e. The van der Waals surface area contributed by atoms with Gasteiger partial charge in [-0.1, -0.05) is 0 Å². The number of carboxylic acid groups (broad SMARTS) is 1. The highest BCUT2D eigenvalue weighted by atomic mass is 32.2. The minimum atomic E-state index is -4.17. The Labute approximate surface area is 119 Å². The Morgan fingerprint density at radius 1 is 1.43 bits per heavy atom. The minimum Gasteiger partial charge on any atom is -0.478 e. The Morgan fingerprint density at radius 3 is 2.62 bits per heavy atom. The number of nitrogens with zero attached hydrogens (tertiary/aromatic N) is 2. The predicted octanol–water partition coefficient (Wildman–Crippen LogP) is -1.18. The first-order valence-electron chi connectivity index (χ1n) is 5.78. The molecule has 2 heterocycles. The first-order valence-corrected chi connectivity index (χ1v) is 7.22. The molecule has 21 heavy (non-hydrogen) atoms. The summed E-state index contributed by atoms with van der Waals surface area (Å²) >= 11 is 0. The monoisotopic (exact) mass is 313 g/mol. The number of rotatable bonds is 3. The van der Waals surface area contributed by atoms with Crippen molar-refractivity contribution in [3.63, 3.8) is 0 Å². The zero-order valence-electron chi connectivity index (χ0n) is 10.8. The number of aromatic nitrogens is 1. The number of pyridine rings is 1. The van der Waals surface area contributed by atoms with E-state index in [-0.39, 0.29) is 5.56 Å². The SMILES string of the molecule is CC1C(=O)NC(=O)CN1S(=O)(=O)c1ccc(C(=O)O)cn1. The molecule has 1 aromatic heterocycles. The maximum absolute atomic E-state index is 12.4. The van der Waals surface area contributed by atoms with Crippen molar-refractivity contribution in [3.05, 3.63) is 23.9 Å². The molecule has 1 aromatic rings. The lowest BCUT2D eigenvalue weighted by molar-refractivity contribution is -0.136. The van der Waals surface area contributed by atoms with Gasteiger partial charge in [0.15, 0.2) is 5.03 Å². The van der Waals surface area contributed by atoms with E-state index >= 15 is 0 Å². The summed E-state index contributed by atoms with van der Waals surface area (Å²) < 4.78 is 25.4. The molecule has 1 unspecified atom stereocenters. The van der Waals surface area contributed by atoms with Gasteiger partial charge in [0.25, 0.3) is 10.0 Å². The van der Waals surface area contributed by atoms with Gasteiger partial charge in [0, 0.05) is 6.20 Å². The van der Waals surface area contributed by atoms with Gasteiger partial charge >= 0.3 is 5.97 Å². The van der Waals surface area contributed by atoms with Crippen LogP contribution in [-0.4, -0.2) is 53.2 Å². The van der Waals surface area contributed by atoms with Crippen molar-refractivity contribution in [2.45, 2.75) is 18.0 Å². The highest BCUT2D eigenvalue weighted by molar-refractivity contribution is 7.89. The maximum atomic E-state index is 12.4. The van der Waals surface area contributed by atoms with Gasteiger partial charge in [0.05, 0.1) is 12.1 Å². The summed E-state index contributed by atoms with van der Waals surface area (Å²) in [6.45, 7) is 0.836. The van der Waals surface area contributed by atoms with Crippen molar-refractivity contribution in [1.29, 1.82) is 0 Å². The highest BCUT2D eigenvalue weighted by Gasteiger charge is 2.39. The number of nitrogens with one attached hydrogen (secondary N) is 1. The minimum absolute atomic E-state index is 0.172. The number of carboxylic acids is 1. The van der Waals surface area contributed by atoms with Crippen molar-refractivity contribution < 1.29 is 27.9 Å². The van der Waals surface area contributed by atoms with E-state index in [4.69, 9.17) is 5.11 Å². The normalized spacial score (nSPS) is 20.1. The van der Waals surface area contributed by atoms with E-state index in [0.717, 1.165) is 22.6 Å². The smallest absolute Gasteiger partial charge is 0.337 e. The average molecular weight is 313 g/mol. The van der Waals surface area contributed by atoms with Crippen LogP contribution in [0.25, 0.3) is 0 Å². The molecule has 112 valence electrons. The molecule has 0 aliphatic carbocycles. The van der Waals surface area contributed by atoms with Crippen molar-refractivity contribution in [1.82, 2.24) is 14.6 Å². The number of amides is 2. The molecule has 1 aliphatic rings. The van der Waals surface area contributed by atoms with E-state index in [2.05, 4.69) is 4.98 Å². The summed E-state index contributed by atoms with van der Waals surface area (Å²) in [6.07, 6.45) is 0.895. The third kappa shape index (κ3) is 2.76. The van der Waals surface area contributed by atoms with Crippen molar-refractivity contribution >= 4 is 27.8 Å². The zero-order chi connectivity index (χ0) is 15.8. The van der Waals surface area contributed by atoms with E-state index in [1.54, 1.807) is 0 Å². The number of carbonyl (C=O) groups excluding carboxylic acids is 2. The second-order valence-corrected chi connectivity index (χ2v) is 6.17. The van der Waals surface area contributed by atoms with E-state index in [1.807, 2.05) is 5.32 Å². The summed E-state index contributed by atoms with van der Waals surface area (Å²) in [7, 11) is -4.17. The Kier molecular flexibility index (Phi) is 3.75. The molecule has 1 atom stereocenters. The van der Waals surface area contributed by atoms with Crippen LogP contribution in [0.3, 0.4) is 0 Å². The molecular formula is C11H11N3O6S. The Bertz CT molecular complexity index is 712. The van der Waals surface area contributed by atoms with Crippen LogP contribution >= 0.6 is 0 Å². The van der Waals surface area contributed by atoms with Gasteiger partial charge < -0.3 is 5.11 Å². The fraction of sp³-hybridized carbons (Fsp3) is 0.273. The lowest BCUT2D eigenvalue weighted by atomic mass is 10.2. The van der Waals surface area contributed by atoms with Gasteiger partial charge in [-0.2, -0.15) is 4.31 Å². The number of aromatic carboxylic acids is 1. The van der Waals surface area contributed by atoms with Gasteiger partial charge in [-0.25, -0.2) is 18.2 Å². The molecule has 0 aromatic carbocycles. The zero-order valence-corrected chi connectivity index (χ0v) is 11.6. The quantitative estimate of drug-likeness (QED) is 0.670. The largest absolute Gasteiger partial charge is 0.478 e. The van der Waals surface area contributed by atoms with Crippen molar-refractivity contribution in [2.24, 2.45) is 0 Å². The van der Waals surface area contributed by atoms with Crippen LogP contribution in [0.2, 0.25) is 0 Å². The number of carbonyl (C=O) groups is 3. The van der Waals surface area contributed by atoms with Crippen LogP contribution in [-0.2, 0) is 19.6 Å². The first kappa shape index (κ1) is 15.1. The van der Waals surface area contributed by atoms with Crippen LogP contribution in [0.15, 0.2) is 23.4 Å². The summed E-state index contributed by atoms with van der Waals surface area (Å²) in [6, 6.07) is 1.04. The fourth-order valence-electron chi connectivity index (χ4n) is 1.76. The molecular weight excluding hydrogens is 302 g/mol. The van der Waals surface area contributed by atoms with E-state index < -0.39 is 45.4 Å². The molecule has 1 saturated heterocycles. The first-order chi connectivity index (χ1) is 9.73. The molecule has 0 radical (unpaired) electrons. The molecule has 2 N–H and O–H groups in total. The van der Waals surface area contributed by atoms with Crippen LogP contribution < -0.4 is 5.32 Å². The van der Waals surface area contributed by atoms with Crippen molar-refractivity contribution in [3.8, 4) is 0 Å². The number of hydrogen-bond donors (Lipinski definition) is 2. The fourth-order valence-corrected chi connectivity index (χ4v) is 3.23. The Hall–Kier alpha value is -2.33. The van der Waals surface area contributed by atoms with Gasteiger partial charge in [-0.3, -0.25) is 14.9 Å². The van der Waals surface area contributed by atoms with Gasteiger partial charge in [0.2, 0.25) is 11.8 Å². The highest BCUT2D eigenvalue weighted by Crippen LogP contribution is 2.18. The Balaban J connectivity index is 2.39. The van der Waals surface area contributed by atoms with E-state index in [0.29, 0.717) is 0 Å². The summed E-state index contributed by atoms with van der Waals surface area (Å²) in [5.74, 6) is -2.70. The predicted molar refractivity (Wildman–Crippen MR) is 67.7 cm³/mol. The molecule has 2 amide bonds. The second-order valence-electron chi connectivity index (χ2n) is 4.33. The lowest BCUT2D eigenvalue weighted by Gasteiger charge is -2.30. The van der Waals surface area contributed by atoms with Crippen LogP contribution in [0.5, 0.6) is 0 Å². The van der Waals surface area contributed by atoms with Gasteiger partial charge in [-0.15, -0.1) is 0 Å². The number of sulfonamides is 1. The Morgan fingerprint density at radius 2 is 2.10 bits per heavy atom.